The number of benzene rings is 1. The maximum atomic E-state index is 13.3. The lowest BCUT2D eigenvalue weighted by molar-refractivity contribution is -0.271. The van der Waals surface area contributed by atoms with E-state index in [0.29, 0.717) is 6.42 Å². The number of amides is 1. The molecule has 1 amide bonds. The Labute approximate surface area is 141 Å². The number of carbonyl (C=O) groups is 1. The Morgan fingerprint density at radius 3 is 2.44 bits per heavy atom. The lowest BCUT2D eigenvalue weighted by Gasteiger charge is -2.29. The summed E-state index contributed by atoms with van der Waals surface area (Å²) in [5, 5.41) is 12.4. The molecule has 2 N–H and O–H groups in total. The van der Waals surface area contributed by atoms with Gasteiger partial charge in [0.05, 0.1) is 6.42 Å². The first-order valence-corrected chi connectivity index (χ1v) is 7.41. The molecule has 5 nitrogen and oxygen atoms in total. The standard InChI is InChI=1S/C16H17F4N3O2/c1-23-9-8-22-14(23)15(25,16(18,19)20)10-13(24)21-7-6-11-2-4-12(17)5-3-11/h2-5,8-9,25H,6-7,10H2,1H3,(H,21,24). The molecule has 1 aromatic heterocycles. The van der Waals surface area contributed by atoms with Crippen molar-refractivity contribution < 1.29 is 27.5 Å². The summed E-state index contributed by atoms with van der Waals surface area (Å²) in [6, 6.07) is 5.53. The topological polar surface area (TPSA) is 67.1 Å². The summed E-state index contributed by atoms with van der Waals surface area (Å²) in [6.45, 7) is 0.0545. The third kappa shape index (κ3) is 4.36. The van der Waals surface area contributed by atoms with Gasteiger partial charge in [0.15, 0.2) is 5.82 Å². The molecule has 0 bridgehead atoms. The molecule has 1 unspecified atom stereocenters. The van der Waals surface area contributed by atoms with Gasteiger partial charge >= 0.3 is 6.18 Å². The molecular formula is C16H17F4N3O2. The van der Waals surface area contributed by atoms with Crippen LogP contribution >= 0.6 is 0 Å². The second-order valence-electron chi connectivity index (χ2n) is 5.62. The normalized spacial score (nSPS) is 14.2. The number of nitrogens with one attached hydrogen (secondary N) is 1. The molecule has 1 aromatic carbocycles. The minimum Gasteiger partial charge on any atom is -0.374 e. The lowest BCUT2D eigenvalue weighted by atomic mass is 9.97. The monoisotopic (exact) mass is 359 g/mol. The predicted molar refractivity (Wildman–Crippen MR) is 80.9 cm³/mol. The Balaban J connectivity index is 2.00. The largest absolute Gasteiger partial charge is 0.425 e. The molecule has 0 saturated carbocycles. The molecule has 0 fully saturated rings. The zero-order valence-corrected chi connectivity index (χ0v) is 13.3. The van der Waals surface area contributed by atoms with Crippen LogP contribution in [-0.4, -0.2) is 33.3 Å². The fourth-order valence-electron chi connectivity index (χ4n) is 2.36. The van der Waals surface area contributed by atoms with Crippen molar-refractivity contribution in [1.29, 1.82) is 0 Å². The van der Waals surface area contributed by atoms with Gasteiger partial charge in [-0.15, -0.1) is 0 Å². The highest BCUT2D eigenvalue weighted by Crippen LogP contribution is 2.40. The molecule has 9 heteroatoms. The number of alkyl halides is 3. The summed E-state index contributed by atoms with van der Waals surface area (Å²) in [7, 11) is 1.30. The van der Waals surface area contributed by atoms with Crippen LogP contribution in [-0.2, 0) is 23.9 Å². The van der Waals surface area contributed by atoms with Crippen LogP contribution in [0.1, 0.15) is 17.8 Å². The Kier molecular flexibility index (Phi) is 5.46. The molecular weight excluding hydrogens is 342 g/mol. The van der Waals surface area contributed by atoms with Gasteiger partial charge in [-0.25, -0.2) is 9.37 Å². The van der Waals surface area contributed by atoms with E-state index in [1.165, 1.54) is 37.5 Å². The first-order chi connectivity index (χ1) is 11.6. The highest BCUT2D eigenvalue weighted by Gasteiger charge is 2.58. The van der Waals surface area contributed by atoms with Crippen molar-refractivity contribution in [3.05, 3.63) is 53.9 Å². The maximum Gasteiger partial charge on any atom is 0.425 e. The Hall–Kier alpha value is -2.42. The van der Waals surface area contributed by atoms with Crippen molar-refractivity contribution in [2.24, 2.45) is 7.05 Å². The van der Waals surface area contributed by atoms with Crippen LogP contribution in [0.3, 0.4) is 0 Å². The molecule has 0 aliphatic rings. The Bertz CT molecular complexity index is 728. The van der Waals surface area contributed by atoms with Crippen LogP contribution in [0.15, 0.2) is 36.7 Å². The fourth-order valence-corrected chi connectivity index (χ4v) is 2.36. The van der Waals surface area contributed by atoms with E-state index >= 15 is 0 Å². The summed E-state index contributed by atoms with van der Waals surface area (Å²) < 4.78 is 53.7. The second kappa shape index (κ2) is 7.22. The van der Waals surface area contributed by atoms with Gasteiger partial charge in [-0.2, -0.15) is 13.2 Å². The number of hydrogen-bond donors (Lipinski definition) is 2. The SMILES string of the molecule is Cn1ccnc1C(O)(CC(=O)NCCc1ccc(F)cc1)C(F)(F)F. The molecule has 136 valence electrons. The van der Waals surface area contributed by atoms with Crippen LogP contribution in [0.5, 0.6) is 0 Å². The fraction of sp³-hybridized carbons (Fsp3) is 0.375. The van der Waals surface area contributed by atoms with Crippen LogP contribution in [0.4, 0.5) is 17.6 Å². The zero-order valence-electron chi connectivity index (χ0n) is 13.3. The van der Waals surface area contributed by atoms with Crippen molar-refractivity contribution >= 4 is 5.91 Å². The van der Waals surface area contributed by atoms with Gasteiger partial charge in [0.25, 0.3) is 0 Å². The number of imidazole rings is 1. The molecule has 1 heterocycles. The maximum absolute atomic E-state index is 13.3. The molecule has 1 atom stereocenters. The number of nitrogens with zero attached hydrogens (tertiary/aromatic N) is 2. The average molecular weight is 359 g/mol. The van der Waals surface area contributed by atoms with Gasteiger partial charge in [0.1, 0.15) is 5.82 Å². The summed E-state index contributed by atoms with van der Waals surface area (Å²) >= 11 is 0. The first-order valence-electron chi connectivity index (χ1n) is 7.41. The predicted octanol–water partition coefficient (Wildman–Crippen LogP) is 2.06. The summed E-state index contributed by atoms with van der Waals surface area (Å²) in [5.41, 5.74) is -2.66. The van der Waals surface area contributed by atoms with Crippen molar-refractivity contribution in [3.8, 4) is 0 Å². The summed E-state index contributed by atoms with van der Waals surface area (Å²) in [4.78, 5) is 15.4. The zero-order chi connectivity index (χ0) is 18.7. The number of carbonyl (C=O) groups excluding carboxylic acids is 1. The number of aliphatic hydroxyl groups is 1. The molecule has 0 saturated heterocycles. The van der Waals surface area contributed by atoms with Crippen molar-refractivity contribution in [2.75, 3.05) is 6.54 Å². The van der Waals surface area contributed by atoms with E-state index in [9.17, 15) is 27.5 Å². The third-order valence-corrected chi connectivity index (χ3v) is 3.73. The van der Waals surface area contributed by atoms with E-state index in [4.69, 9.17) is 0 Å². The molecule has 0 aliphatic carbocycles. The summed E-state index contributed by atoms with van der Waals surface area (Å²) in [6.07, 6.45) is -3.60. The van der Waals surface area contributed by atoms with Crippen molar-refractivity contribution in [3.63, 3.8) is 0 Å². The van der Waals surface area contributed by atoms with Gasteiger partial charge in [-0.1, -0.05) is 12.1 Å². The van der Waals surface area contributed by atoms with Crippen LogP contribution < -0.4 is 5.32 Å². The Morgan fingerprint density at radius 1 is 1.28 bits per heavy atom. The summed E-state index contributed by atoms with van der Waals surface area (Å²) in [5.74, 6) is -2.03. The van der Waals surface area contributed by atoms with Gasteiger partial charge in [0.2, 0.25) is 11.5 Å². The lowest BCUT2D eigenvalue weighted by Crippen LogP contribution is -2.48. The van der Waals surface area contributed by atoms with Gasteiger partial charge in [-0.3, -0.25) is 4.79 Å². The van der Waals surface area contributed by atoms with Gasteiger partial charge < -0.3 is 15.0 Å². The van der Waals surface area contributed by atoms with Crippen LogP contribution in [0.25, 0.3) is 0 Å². The van der Waals surface area contributed by atoms with E-state index in [1.807, 2.05) is 0 Å². The second-order valence-corrected chi connectivity index (χ2v) is 5.62. The van der Waals surface area contributed by atoms with Gasteiger partial charge in [0, 0.05) is 26.0 Å². The number of rotatable bonds is 6. The number of halogens is 4. The molecule has 2 aromatic rings. The number of aromatic nitrogens is 2. The van der Waals surface area contributed by atoms with E-state index in [-0.39, 0.29) is 6.54 Å². The van der Waals surface area contributed by atoms with E-state index < -0.39 is 35.7 Å². The van der Waals surface area contributed by atoms with E-state index in [0.717, 1.165) is 16.3 Å². The average Bonchev–Trinajstić information content (AvgIpc) is 2.94. The molecule has 0 radical (unpaired) electrons. The Morgan fingerprint density at radius 2 is 1.92 bits per heavy atom. The van der Waals surface area contributed by atoms with Crippen LogP contribution in [0.2, 0.25) is 0 Å². The molecule has 2 rings (SSSR count). The highest BCUT2D eigenvalue weighted by molar-refractivity contribution is 5.77. The minimum atomic E-state index is -5.07. The van der Waals surface area contributed by atoms with Gasteiger partial charge in [-0.05, 0) is 24.1 Å². The van der Waals surface area contributed by atoms with Crippen LogP contribution in [0, 0.1) is 5.82 Å². The number of aryl methyl sites for hydroxylation is 1. The molecule has 0 aliphatic heterocycles. The third-order valence-electron chi connectivity index (χ3n) is 3.73. The molecule has 0 spiro atoms. The van der Waals surface area contributed by atoms with Crippen molar-refractivity contribution in [1.82, 2.24) is 14.9 Å². The quantitative estimate of drug-likeness (QED) is 0.776. The molecule has 25 heavy (non-hydrogen) atoms. The minimum absolute atomic E-state index is 0.0545. The van der Waals surface area contributed by atoms with E-state index in [2.05, 4.69) is 10.3 Å². The first kappa shape index (κ1) is 18.9. The number of hydrogen-bond acceptors (Lipinski definition) is 3. The smallest absolute Gasteiger partial charge is 0.374 e. The highest BCUT2D eigenvalue weighted by atomic mass is 19.4. The van der Waals surface area contributed by atoms with Crippen molar-refractivity contribution in [2.45, 2.75) is 24.6 Å². The van der Waals surface area contributed by atoms with E-state index in [1.54, 1.807) is 0 Å².